The van der Waals surface area contributed by atoms with Gasteiger partial charge in [0.05, 0.1) is 33.0 Å². The minimum atomic E-state index is -1.91. The van der Waals surface area contributed by atoms with Crippen molar-refractivity contribution < 1.29 is 93.9 Å². The lowest BCUT2D eigenvalue weighted by atomic mass is 9.96. The summed E-state index contributed by atoms with van der Waals surface area (Å²) in [5.74, 6) is -1.58. The number of ketones is 1. The van der Waals surface area contributed by atoms with Crippen molar-refractivity contribution in [1.29, 1.82) is 0 Å². The number of aliphatic hydroxyl groups is 10. The van der Waals surface area contributed by atoms with E-state index in [9.17, 15) is 65.4 Å². The maximum absolute atomic E-state index is 12.3. The summed E-state index contributed by atoms with van der Waals surface area (Å²) in [4.78, 5) is 35.4. The number of nitrogens with one attached hydrogen (secondary N) is 2. The van der Waals surface area contributed by atoms with Crippen LogP contribution < -0.4 is 10.6 Å². The minimum absolute atomic E-state index is 0.0320. The molecule has 50 heavy (non-hydrogen) atoms. The van der Waals surface area contributed by atoms with E-state index in [2.05, 4.69) is 10.6 Å². The molecule has 3 rings (SSSR count). The zero-order chi connectivity index (χ0) is 37.3. The highest BCUT2D eigenvalue weighted by molar-refractivity contribution is 5.85. The Morgan fingerprint density at radius 3 is 1.80 bits per heavy atom. The van der Waals surface area contributed by atoms with Crippen LogP contribution in [-0.2, 0) is 42.8 Å². The molecule has 3 aliphatic heterocycles. The first-order chi connectivity index (χ1) is 23.6. The molecule has 0 spiro atoms. The largest absolute Gasteiger partial charge is 0.394 e. The first kappa shape index (κ1) is 42.4. The first-order valence-corrected chi connectivity index (χ1v) is 16.2. The number of ether oxygens (including phenoxy) is 6. The van der Waals surface area contributed by atoms with Gasteiger partial charge in [0.15, 0.2) is 18.9 Å². The number of hydrogen-bond acceptors (Lipinski definition) is 19. The molecule has 0 aromatic carbocycles. The van der Waals surface area contributed by atoms with Crippen LogP contribution in [0.2, 0.25) is 0 Å². The Bertz CT molecular complexity index is 1090. The van der Waals surface area contributed by atoms with Gasteiger partial charge in [0.25, 0.3) is 0 Å². The predicted octanol–water partition coefficient (Wildman–Crippen LogP) is -7.31. The first-order valence-electron chi connectivity index (χ1n) is 16.2. The second-order valence-corrected chi connectivity index (χ2v) is 12.4. The van der Waals surface area contributed by atoms with Crippen molar-refractivity contribution in [3.05, 3.63) is 0 Å². The molecule has 12 N–H and O–H groups in total. The molecule has 21 nitrogen and oxygen atoms in total. The molecule has 2 amide bonds. The summed E-state index contributed by atoms with van der Waals surface area (Å²) in [5.41, 5.74) is 0. The Labute approximate surface area is 286 Å². The fourth-order valence-electron chi connectivity index (χ4n) is 5.39. The molecule has 0 aliphatic carbocycles. The van der Waals surface area contributed by atoms with Crippen molar-refractivity contribution in [2.24, 2.45) is 5.92 Å². The molecule has 3 fully saturated rings. The molecule has 3 saturated heterocycles. The van der Waals surface area contributed by atoms with Gasteiger partial charge in [-0.3, -0.25) is 14.4 Å². The molecule has 3 heterocycles. The van der Waals surface area contributed by atoms with Gasteiger partial charge in [0, 0.05) is 18.9 Å². The van der Waals surface area contributed by atoms with Crippen LogP contribution in [0.15, 0.2) is 0 Å². The van der Waals surface area contributed by atoms with Gasteiger partial charge in [-0.1, -0.05) is 6.92 Å². The van der Waals surface area contributed by atoms with Crippen molar-refractivity contribution in [2.45, 2.75) is 119 Å². The van der Waals surface area contributed by atoms with Crippen LogP contribution in [0.25, 0.3) is 0 Å². The van der Waals surface area contributed by atoms with Gasteiger partial charge >= 0.3 is 0 Å². The lowest BCUT2D eigenvalue weighted by Gasteiger charge is -2.46. The van der Waals surface area contributed by atoms with Crippen molar-refractivity contribution in [3.63, 3.8) is 0 Å². The normalized spacial score (nSPS) is 39.8. The number of carbonyl (C=O) groups is 3. The van der Waals surface area contributed by atoms with Crippen LogP contribution >= 0.6 is 0 Å². The number of Topliss-reactive ketones (excluding diaryl/α,β-unsaturated/α-hetero) is 1. The molecule has 0 unspecified atom stereocenters. The zero-order valence-corrected chi connectivity index (χ0v) is 27.5. The van der Waals surface area contributed by atoms with E-state index in [-0.39, 0.29) is 44.2 Å². The summed E-state index contributed by atoms with van der Waals surface area (Å²) in [7, 11) is 0. The predicted molar refractivity (Wildman–Crippen MR) is 160 cm³/mol. The third-order valence-corrected chi connectivity index (χ3v) is 8.52. The molecule has 16 atom stereocenters. The number of hydrogen-bond donors (Lipinski definition) is 12. The monoisotopic (exact) mass is 730 g/mol. The van der Waals surface area contributed by atoms with Gasteiger partial charge in [-0.05, 0) is 13.3 Å². The van der Waals surface area contributed by atoms with E-state index in [1.165, 1.54) is 6.92 Å². The molecule has 290 valence electrons. The average molecular weight is 731 g/mol. The van der Waals surface area contributed by atoms with Crippen LogP contribution in [0.4, 0.5) is 0 Å². The highest BCUT2D eigenvalue weighted by Crippen LogP contribution is 2.31. The number of rotatable bonds is 17. The molecule has 21 heteroatoms. The maximum Gasteiger partial charge on any atom is 0.223 e. The quantitative estimate of drug-likeness (QED) is 0.0618. The highest BCUT2D eigenvalue weighted by atomic mass is 16.7. The Morgan fingerprint density at radius 2 is 1.22 bits per heavy atom. The van der Waals surface area contributed by atoms with Gasteiger partial charge in [-0.25, -0.2) is 0 Å². The SMILES string of the molecule is CC(=O)CNC(=O)[C@@H](C)CCC(=O)NCCO[C@H]1O[C@H](CO[C@H]2O[C@H](CO)[C@@H](O)[C@H](O)[C@@H]2O)[C@@H](O)[C@H](O[C@H]2O[C@H](CO)[C@@H](O)[C@H](O)[C@@H]2O)[C@@H]1O. The summed E-state index contributed by atoms with van der Waals surface area (Å²) in [5, 5.41) is 107. The second kappa shape index (κ2) is 19.7. The molecule has 0 radical (unpaired) electrons. The average Bonchev–Trinajstić information content (AvgIpc) is 3.09. The van der Waals surface area contributed by atoms with E-state index in [4.69, 9.17) is 28.4 Å². The Morgan fingerprint density at radius 1 is 0.680 bits per heavy atom. The van der Waals surface area contributed by atoms with Crippen LogP contribution in [0.1, 0.15) is 26.7 Å². The van der Waals surface area contributed by atoms with E-state index in [0.717, 1.165) is 0 Å². The lowest BCUT2D eigenvalue weighted by Crippen LogP contribution is -2.65. The summed E-state index contributed by atoms with van der Waals surface area (Å²) in [6, 6.07) is 0. The molecular formula is C29H50N2O19. The van der Waals surface area contributed by atoms with Crippen molar-refractivity contribution in [2.75, 3.05) is 39.5 Å². The highest BCUT2D eigenvalue weighted by Gasteiger charge is 2.52. The van der Waals surface area contributed by atoms with E-state index in [1.807, 2.05) is 0 Å². The summed E-state index contributed by atoms with van der Waals surface area (Å²) in [6.45, 7) is 0.259. The topological polar surface area (TPSA) is 333 Å². The molecule has 3 aliphatic rings. The zero-order valence-electron chi connectivity index (χ0n) is 27.5. The van der Waals surface area contributed by atoms with E-state index >= 15 is 0 Å². The maximum atomic E-state index is 12.3. The van der Waals surface area contributed by atoms with Gasteiger partial charge in [0.2, 0.25) is 11.8 Å². The fraction of sp³-hybridized carbons (Fsp3) is 0.897. The molecular weight excluding hydrogens is 680 g/mol. The van der Waals surface area contributed by atoms with Crippen LogP contribution in [-0.4, -0.2) is 200 Å². The minimum Gasteiger partial charge on any atom is -0.394 e. The molecule has 0 aromatic heterocycles. The Balaban J connectivity index is 1.64. The third kappa shape index (κ3) is 11.0. The number of amides is 2. The Hall–Kier alpha value is -2.03. The van der Waals surface area contributed by atoms with Crippen molar-refractivity contribution >= 4 is 17.6 Å². The number of aliphatic hydroxyl groups excluding tert-OH is 10. The molecule has 0 bridgehead atoms. The molecule has 0 aromatic rings. The molecule has 0 saturated carbocycles. The van der Waals surface area contributed by atoms with Gasteiger partial charge in [0.1, 0.15) is 79.0 Å². The Kier molecular flexibility index (Phi) is 16.7. The van der Waals surface area contributed by atoms with E-state index in [0.29, 0.717) is 0 Å². The standard InChI is InChI=1S/C29H50N2O19/c1-11(26(44)31-7-12(2)34)3-4-16(35)30-5-6-45-28-24(43)25(50-29-23(42)21(40)18(37)14(9-33)48-29)19(38)15(49-28)10-46-27-22(41)20(39)17(36)13(8-32)47-27/h11,13-15,17-25,27-29,32-33,36-43H,3-10H2,1-2H3,(H,30,35)(H,31,44)/t11-,13+,14+,15+,17+,18+,19+,20-,21-,22-,23-,24-,25-,27-,28-,29+/m0/s1. The summed E-state index contributed by atoms with van der Waals surface area (Å²) < 4.78 is 33.0. The lowest BCUT2D eigenvalue weighted by molar-refractivity contribution is -0.366. The van der Waals surface area contributed by atoms with Crippen molar-refractivity contribution in [3.8, 4) is 0 Å². The van der Waals surface area contributed by atoms with Gasteiger partial charge in [-0.15, -0.1) is 0 Å². The van der Waals surface area contributed by atoms with Crippen LogP contribution in [0.5, 0.6) is 0 Å². The summed E-state index contributed by atoms with van der Waals surface area (Å²) >= 11 is 0. The smallest absolute Gasteiger partial charge is 0.223 e. The van der Waals surface area contributed by atoms with E-state index < -0.39 is 124 Å². The van der Waals surface area contributed by atoms with Crippen LogP contribution in [0, 0.1) is 5.92 Å². The van der Waals surface area contributed by atoms with Crippen LogP contribution in [0.3, 0.4) is 0 Å². The van der Waals surface area contributed by atoms with Gasteiger partial charge < -0.3 is 90.1 Å². The third-order valence-electron chi connectivity index (χ3n) is 8.52. The summed E-state index contributed by atoms with van der Waals surface area (Å²) in [6.07, 6.45) is -25.1. The van der Waals surface area contributed by atoms with Gasteiger partial charge in [-0.2, -0.15) is 0 Å². The fourth-order valence-corrected chi connectivity index (χ4v) is 5.39. The second-order valence-electron chi connectivity index (χ2n) is 12.4. The van der Waals surface area contributed by atoms with E-state index in [1.54, 1.807) is 6.92 Å². The number of carbonyl (C=O) groups excluding carboxylic acids is 3. The van der Waals surface area contributed by atoms with Crippen molar-refractivity contribution in [1.82, 2.24) is 10.6 Å².